The van der Waals surface area contributed by atoms with Crippen LogP contribution in [-0.2, 0) is 11.3 Å². The van der Waals surface area contributed by atoms with E-state index in [0.717, 1.165) is 11.6 Å². The van der Waals surface area contributed by atoms with Crippen LogP contribution in [0.15, 0.2) is 11.6 Å². The van der Waals surface area contributed by atoms with Gasteiger partial charge in [0.25, 0.3) is 0 Å². The average molecular weight is 244 g/mol. The number of thiazole rings is 1. The van der Waals surface area contributed by atoms with Crippen LogP contribution in [0.5, 0.6) is 0 Å². The molecule has 1 N–H and O–H groups in total. The van der Waals surface area contributed by atoms with E-state index in [1.54, 1.807) is 17.5 Å². The van der Waals surface area contributed by atoms with E-state index in [-0.39, 0.29) is 6.10 Å². The number of hydrogen-bond donors (Lipinski definition) is 1. The average Bonchev–Trinajstić information content (AvgIpc) is 2.67. The molecule has 92 valence electrons. The normalized spacial score (nSPS) is 13.6. The van der Waals surface area contributed by atoms with E-state index in [1.807, 2.05) is 31.2 Å². The van der Waals surface area contributed by atoms with Crippen molar-refractivity contribution in [3.8, 4) is 0 Å². The first-order valence-electron chi connectivity index (χ1n) is 5.44. The summed E-state index contributed by atoms with van der Waals surface area (Å²) in [4.78, 5) is 6.25. The predicted molar refractivity (Wildman–Crippen MR) is 65.5 cm³/mol. The van der Waals surface area contributed by atoms with Gasteiger partial charge in [-0.15, -0.1) is 11.3 Å². The summed E-state index contributed by atoms with van der Waals surface area (Å²) in [6, 6.07) is 0. The molecule has 0 radical (unpaired) electrons. The Kier molecular flexibility index (Phi) is 5.90. The minimum Gasteiger partial charge on any atom is -0.389 e. The van der Waals surface area contributed by atoms with Gasteiger partial charge >= 0.3 is 0 Å². The molecular weight excluding hydrogens is 224 g/mol. The number of nitrogens with zero attached hydrogens (tertiary/aromatic N) is 2. The van der Waals surface area contributed by atoms with Crippen LogP contribution in [-0.4, -0.2) is 47.4 Å². The zero-order valence-corrected chi connectivity index (χ0v) is 10.9. The Morgan fingerprint density at radius 2 is 2.31 bits per heavy atom. The molecule has 0 bridgehead atoms. The van der Waals surface area contributed by atoms with Crippen molar-refractivity contribution in [2.24, 2.45) is 0 Å². The molecule has 0 fully saturated rings. The zero-order valence-electron chi connectivity index (χ0n) is 10.1. The summed E-state index contributed by atoms with van der Waals surface area (Å²) in [5.41, 5.74) is 0. The molecule has 5 heteroatoms. The maximum absolute atomic E-state index is 9.71. The maximum Gasteiger partial charge on any atom is 0.107 e. The van der Waals surface area contributed by atoms with Crippen molar-refractivity contribution in [1.82, 2.24) is 9.88 Å². The van der Waals surface area contributed by atoms with E-state index in [1.165, 1.54) is 0 Å². The fourth-order valence-corrected chi connectivity index (χ4v) is 2.04. The zero-order chi connectivity index (χ0) is 12.0. The Hall–Kier alpha value is -0.490. The maximum atomic E-state index is 9.71. The third kappa shape index (κ3) is 5.55. The lowest BCUT2D eigenvalue weighted by Crippen LogP contribution is -2.32. The number of aliphatic hydroxyl groups is 1. The highest BCUT2D eigenvalue weighted by Crippen LogP contribution is 2.07. The molecule has 0 spiro atoms. The molecule has 0 aromatic carbocycles. The van der Waals surface area contributed by atoms with Crippen LogP contribution in [0.3, 0.4) is 0 Å². The smallest absolute Gasteiger partial charge is 0.107 e. The molecule has 0 saturated carbocycles. The lowest BCUT2D eigenvalue weighted by Gasteiger charge is -2.20. The van der Waals surface area contributed by atoms with E-state index in [2.05, 4.69) is 4.98 Å². The number of ether oxygens (including phenoxy) is 1. The van der Waals surface area contributed by atoms with Gasteiger partial charge in [-0.2, -0.15) is 0 Å². The van der Waals surface area contributed by atoms with E-state index < -0.39 is 6.10 Å². The van der Waals surface area contributed by atoms with E-state index in [4.69, 9.17) is 4.74 Å². The Morgan fingerprint density at radius 3 is 2.88 bits per heavy atom. The van der Waals surface area contributed by atoms with Crippen LogP contribution < -0.4 is 0 Å². The van der Waals surface area contributed by atoms with Crippen molar-refractivity contribution >= 4 is 11.3 Å². The monoisotopic (exact) mass is 244 g/mol. The van der Waals surface area contributed by atoms with Crippen LogP contribution in [0.25, 0.3) is 0 Å². The molecule has 0 aliphatic carbocycles. The van der Waals surface area contributed by atoms with Crippen molar-refractivity contribution in [2.45, 2.75) is 32.6 Å². The lowest BCUT2D eigenvalue weighted by molar-refractivity contribution is -0.00635. The van der Waals surface area contributed by atoms with Gasteiger partial charge in [0.15, 0.2) is 0 Å². The van der Waals surface area contributed by atoms with Crippen molar-refractivity contribution < 1.29 is 9.84 Å². The molecule has 1 rings (SSSR count). The summed E-state index contributed by atoms with van der Waals surface area (Å²) in [6.07, 6.45) is 1.53. The van der Waals surface area contributed by atoms with Gasteiger partial charge in [0.2, 0.25) is 0 Å². The van der Waals surface area contributed by atoms with E-state index in [0.29, 0.717) is 13.2 Å². The van der Waals surface area contributed by atoms with Crippen LogP contribution in [0, 0.1) is 0 Å². The van der Waals surface area contributed by atoms with Gasteiger partial charge in [-0.25, -0.2) is 4.98 Å². The van der Waals surface area contributed by atoms with Gasteiger partial charge in [-0.3, -0.25) is 4.90 Å². The molecule has 0 amide bonds. The van der Waals surface area contributed by atoms with Crippen LogP contribution in [0.4, 0.5) is 0 Å². The lowest BCUT2D eigenvalue weighted by atomic mass is 10.3. The summed E-state index contributed by atoms with van der Waals surface area (Å²) in [7, 11) is 1.97. The Bertz CT molecular complexity index is 278. The van der Waals surface area contributed by atoms with Gasteiger partial charge < -0.3 is 9.84 Å². The number of aromatic nitrogens is 1. The molecule has 1 aromatic heterocycles. The number of rotatable bonds is 7. The van der Waals surface area contributed by atoms with Crippen molar-refractivity contribution in [3.63, 3.8) is 0 Å². The predicted octanol–water partition coefficient (Wildman–Crippen LogP) is 1.36. The summed E-state index contributed by atoms with van der Waals surface area (Å²) in [5.74, 6) is 0. The van der Waals surface area contributed by atoms with E-state index >= 15 is 0 Å². The molecule has 4 nitrogen and oxygen atoms in total. The molecule has 1 unspecified atom stereocenters. The third-order valence-corrected chi connectivity index (χ3v) is 2.80. The Morgan fingerprint density at radius 1 is 1.56 bits per heavy atom. The third-order valence-electron chi connectivity index (χ3n) is 2.03. The molecule has 0 saturated heterocycles. The molecule has 1 atom stereocenters. The minimum absolute atomic E-state index is 0.166. The van der Waals surface area contributed by atoms with Crippen LogP contribution in [0.2, 0.25) is 0 Å². The quantitative estimate of drug-likeness (QED) is 0.786. The van der Waals surface area contributed by atoms with Gasteiger partial charge in [0, 0.05) is 18.1 Å². The number of aliphatic hydroxyl groups excluding tert-OH is 1. The van der Waals surface area contributed by atoms with Crippen molar-refractivity contribution in [3.05, 3.63) is 16.6 Å². The highest BCUT2D eigenvalue weighted by Gasteiger charge is 2.10. The second kappa shape index (κ2) is 6.96. The largest absolute Gasteiger partial charge is 0.389 e. The van der Waals surface area contributed by atoms with Crippen molar-refractivity contribution in [1.29, 1.82) is 0 Å². The minimum atomic E-state index is -0.438. The van der Waals surface area contributed by atoms with Gasteiger partial charge in [-0.1, -0.05) is 0 Å². The second-order valence-electron chi connectivity index (χ2n) is 4.16. The topological polar surface area (TPSA) is 45.6 Å². The first-order valence-corrected chi connectivity index (χ1v) is 6.32. The fourth-order valence-electron chi connectivity index (χ4n) is 1.34. The first kappa shape index (κ1) is 13.6. The Balaban J connectivity index is 2.20. The SMILES string of the molecule is CC(C)OCC(O)CN(C)Cc1nccs1. The summed E-state index contributed by atoms with van der Waals surface area (Å²) in [6.45, 7) is 5.70. The van der Waals surface area contributed by atoms with Crippen molar-refractivity contribution in [2.75, 3.05) is 20.2 Å². The number of likely N-dealkylation sites (N-methyl/N-ethyl adjacent to an activating group) is 1. The molecule has 1 heterocycles. The molecule has 1 aromatic rings. The van der Waals surface area contributed by atoms with Gasteiger partial charge in [0.05, 0.1) is 25.4 Å². The fraction of sp³-hybridized carbons (Fsp3) is 0.727. The first-order chi connectivity index (χ1) is 7.58. The molecule has 0 aliphatic rings. The second-order valence-corrected chi connectivity index (χ2v) is 5.14. The standard InChI is InChI=1S/C11H20N2O2S/c1-9(2)15-8-10(14)6-13(3)7-11-12-4-5-16-11/h4-5,9-10,14H,6-8H2,1-3H3. The number of hydrogen-bond acceptors (Lipinski definition) is 5. The highest BCUT2D eigenvalue weighted by molar-refractivity contribution is 7.09. The summed E-state index contributed by atoms with van der Waals surface area (Å²) >= 11 is 1.63. The molecular formula is C11H20N2O2S. The van der Waals surface area contributed by atoms with E-state index in [9.17, 15) is 5.11 Å². The van der Waals surface area contributed by atoms with Crippen LogP contribution >= 0.6 is 11.3 Å². The van der Waals surface area contributed by atoms with Gasteiger partial charge in [0.1, 0.15) is 5.01 Å². The van der Waals surface area contributed by atoms with Crippen LogP contribution in [0.1, 0.15) is 18.9 Å². The van der Waals surface area contributed by atoms with Gasteiger partial charge in [-0.05, 0) is 20.9 Å². The summed E-state index contributed by atoms with van der Waals surface area (Å²) < 4.78 is 5.35. The Labute approximate surface area is 101 Å². The highest BCUT2D eigenvalue weighted by atomic mass is 32.1. The molecule has 0 aliphatic heterocycles. The molecule has 16 heavy (non-hydrogen) atoms. The summed E-state index contributed by atoms with van der Waals surface area (Å²) in [5, 5.41) is 12.7.